The third-order valence-electron chi connectivity index (χ3n) is 2.33. The van der Waals surface area contributed by atoms with E-state index in [1.165, 1.54) is 18.9 Å². The highest BCUT2D eigenvalue weighted by Crippen LogP contribution is 2.27. The van der Waals surface area contributed by atoms with Crippen molar-refractivity contribution in [3.8, 4) is 5.75 Å². The van der Waals surface area contributed by atoms with Crippen molar-refractivity contribution in [3.05, 3.63) is 24.3 Å². The second kappa shape index (κ2) is 8.42. The normalized spacial score (nSPS) is 9.95. The lowest BCUT2D eigenvalue weighted by molar-refractivity contribution is -0.140. The van der Waals surface area contributed by atoms with Crippen LogP contribution in [0.15, 0.2) is 29.2 Å². The number of thioether (sulfide) groups is 1. The predicted molar refractivity (Wildman–Crippen MR) is 73.1 cm³/mol. The van der Waals surface area contributed by atoms with Crippen LogP contribution in [0.4, 0.5) is 0 Å². The van der Waals surface area contributed by atoms with Crippen molar-refractivity contribution in [2.45, 2.75) is 17.7 Å². The van der Waals surface area contributed by atoms with Crippen LogP contribution in [-0.4, -0.2) is 36.4 Å². The van der Waals surface area contributed by atoms with E-state index in [1.54, 1.807) is 24.3 Å². The summed E-state index contributed by atoms with van der Waals surface area (Å²) in [5, 5.41) is 12.2. The summed E-state index contributed by atoms with van der Waals surface area (Å²) < 4.78 is 4.49. The van der Waals surface area contributed by atoms with Crippen LogP contribution in [0, 0.1) is 0 Å². The summed E-state index contributed by atoms with van der Waals surface area (Å²) in [6.07, 6.45) is 0.850. The average molecular weight is 283 g/mol. The number of nitrogens with one attached hydrogen (secondary N) is 1. The maximum absolute atomic E-state index is 11.5. The first-order chi connectivity index (χ1) is 9.13. The summed E-state index contributed by atoms with van der Waals surface area (Å²) in [4.78, 5) is 23.0. The molecule has 0 radical (unpaired) electrons. The van der Waals surface area contributed by atoms with Crippen LogP contribution in [0.1, 0.15) is 12.8 Å². The van der Waals surface area contributed by atoms with Crippen LogP contribution >= 0.6 is 11.8 Å². The largest absolute Gasteiger partial charge is 0.507 e. The van der Waals surface area contributed by atoms with Gasteiger partial charge in [0, 0.05) is 17.9 Å². The molecule has 6 heteroatoms. The van der Waals surface area contributed by atoms with Gasteiger partial charge in [-0.2, -0.15) is 0 Å². The fraction of sp³-hybridized carbons (Fsp3) is 0.385. The Morgan fingerprint density at radius 1 is 1.37 bits per heavy atom. The molecule has 1 aromatic carbocycles. The Labute approximate surface area is 116 Å². The van der Waals surface area contributed by atoms with Gasteiger partial charge in [-0.15, -0.1) is 11.8 Å². The number of hydrogen-bond acceptors (Lipinski definition) is 5. The first kappa shape index (κ1) is 15.4. The van der Waals surface area contributed by atoms with E-state index in [-0.39, 0.29) is 23.4 Å². The highest BCUT2D eigenvalue weighted by atomic mass is 32.2. The lowest BCUT2D eigenvalue weighted by Crippen LogP contribution is -2.26. The summed E-state index contributed by atoms with van der Waals surface area (Å²) >= 11 is 1.27. The molecular formula is C13H17NO4S. The number of methoxy groups -OCH3 is 1. The summed E-state index contributed by atoms with van der Waals surface area (Å²) in [5.74, 6) is -0.00237. The molecule has 0 heterocycles. The summed E-state index contributed by atoms with van der Waals surface area (Å²) in [6, 6.07) is 6.86. The van der Waals surface area contributed by atoms with Gasteiger partial charge < -0.3 is 15.2 Å². The Balaban J connectivity index is 2.18. The van der Waals surface area contributed by atoms with Crippen molar-refractivity contribution in [1.29, 1.82) is 0 Å². The molecule has 0 spiro atoms. The number of aromatic hydroxyl groups is 1. The minimum atomic E-state index is -0.280. The quantitative estimate of drug-likeness (QED) is 0.451. The Kier molecular flexibility index (Phi) is 6.81. The number of para-hydroxylation sites is 1. The molecule has 0 fully saturated rings. The van der Waals surface area contributed by atoms with Gasteiger partial charge in [0.2, 0.25) is 5.91 Å². The molecule has 19 heavy (non-hydrogen) atoms. The summed E-state index contributed by atoms with van der Waals surface area (Å²) in [5.41, 5.74) is 0. The minimum Gasteiger partial charge on any atom is -0.507 e. The van der Waals surface area contributed by atoms with E-state index in [1.807, 2.05) is 0 Å². The third-order valence-corrected chi connectivity index (χ3v) is 3.39. The number of esters is 1. The number of carbonyl (C=O) groups is 2. The molecule has 0 aliphatic rings. The maximum Gasteiger partial charge on any atom is 0.305 e. The molecule has 0 atom stereocenters. The molecule has 0 aliphatic carbocycles. The Morgan fingerprint density at radius 3 is 2.79 bits per heavy atom. The predicted octanol–water partition coefficient (Wildman–Crippen LogP) is 1.55. The van der Waals surface area contributed by atoms with Gasteiger partial charge >= 0.3 is 5.97 Å². The van der Waals surface area contributed by atoms with Gasteiger partial charge in [-0.25, -0.2) is 0 Å². The Morgan fingerprint density at radius 2 is 2.11 bits per heavy atom. The van der Waals surface area contributed by atoms with E-state index >= 15 is 0 Å². The standard InChI is InChI=1S/C13H17NO4S/c1-18-13(17)7-4-8-14-12(16)9-19-11-6-3-2-5-10(11)15/h2-3,5-6,15H,4,7-9H2,1H3,(H,14,16). The zero-order valence-corrected chi connectivity index (χ0v) is 11.5. The van der Waals surface area contributed by atoms with Gasteiger partial charge in [0.15, 0.2) is 0 Å². The lowest BCUT2D eigenvalue weighted by atomic mass is 10.3. The number of amides is 1. The van der Waals surface area contributed by atoms with Crippen LogP contribution in [0.5, 0.6) is 5.75 Å². The van der Waals surface area contributed by atoms with E-state index in [0.717, 1.165) is 0 Å². The molecule has 0 bridgehead atoms. The number of carbonyl (C=O) groups excluding carboxylic acids is 2. The van der Waals surface area contributed by atoms with Gasteiger partial charge in [-0.1, -0.05) is 12.1 Å². The van der Waals surface area contributed by atoms with Crippen molar-refractivity contribution < 1.29 is 19.4 Å². The molecule has 0 saturated carbocycles. The second-order valence-corrected chi connectivity index (χ2v) is 4.80. The zero-order valence-electron chi connectivity index (χ0n) is 10.7. The summed E-state index contributed by atoms with van der Waals surface area (Å²) in [6.45, 7) is 0.440. The molecule has 104 valence electrons. The molecule has 1 amide bonds. The van der Waals surface area contributed by atoms with Crippen molar-refractivity contribution in [2.75, 3.05) is 19.4 Å². The molecule has 5 nitrogen and oxygen atoms in total. The highest BCUT2D eigenvalue weighted by Gasteiger charge is 2.06. The third kappa shape index (κ3) is 6.15. The van der Waals surface area contributed by atoms with Crippen molar-refractivity contribution in [2.24, 2.45) is 0 Å². The number of phenolic OH excluding ortho intramolecular Hbond substituents is 1. The Bertz CT molecular complexity index is 436. The van der Waals surface area contributed by atoms with Crippen LogP contribution in [0.25, 0.3) is 0 Å². The highest BCUT2D eigenvalue weighted by molar-refractivity contribution is 8.00. The van der Waals surface area contributed by atoms with Crippen molar-refractivity contribution >= 4 is 23.6 Å². The first-order valence-corrected chi connectivity index (χ1v) is 6.86. The van der Waals surface area contributed by atoms with E-state index in [4.69, 9.17) is 0 Å². The molecule has 1 aromatic rings. The number of benzene rings is 1. The van der Waals surface area contributed by atoms with E-state index in [2.05, 4.69) is 10.1 Å². The number of hydrogen-bond donors (Lipinski definition) is 2. The van der Waals surface area contributed by atoms with Gasteiger partial charge in [0.25, 0.3) is 0 Å². The van der Waals surface area contributed by atoms with Crippen molar-refractivity contribution in [3.63, 3.8) is 0 Å². The fourth-order valence-electron chi connectivity index (χ4n) is 1.34. The van der Waals surface area contributed by atoms with E-state index in [0.29, 0.717) is 24.3 Å². The van der Waals surface area contributed by atoms with Gasteiger partial charge in [0.1, 0.15) is 5.75 Å². The van der Waals surface area contributed by atoms with Crippen LogP contribution in [-0.2, 0) is 14.3 Å². The smallest absolute Gasteiger partial charge is 0.305 e. The number of ether oxygens (including phenoxy) is 1. The van der Waals surface area contributed by atoms with E-state index < -0.39 is 0 Å². The maximum atomic E-state index is 11.5. The monoisotopic (exact) mass is 283 g/mol. The fourth-order valence-corrected chi connectivity index (χ4v) is 2.12. The zero-order chi connectivity index (χ0) is 14.1. The van der Waals surface area contributed by atoms with E-state index in [9.17, 15) is 14.7 Å². The molecule has 0 unspecified atom stereocenters. The second-order valence-electron chi connectivity index (χ2n) is 3.79. The SMILES string of the molecule is COC(=O)CCCNC(=O)CSc1ccccc1O. The van der Waals surface area contributed by atoms with Gasteiger partial charge in [-0.3, -0.25) is 9.59 Å². The molecule has 1 rings (SSSR count). The first-order valence-electron chi connectivity index (χ1n) is 5.88. The van der Waals surface area contributed by atoms with Crippen molar-refractivity contribution in [1.82, 2.24) is 5.32 Å². The summed E-state index contributed by atoms with van der Waals surface area (Å²) in [7, 11) is 1.34. The van der Waals surface area contributed by atoms with Gasteiger partial charge in [0.05, 0.1) is 12.9 Å². The lowest BCUT2D eigenvalue weighted by Gasteiger charge is -2.05. The number of rotatable bonds is 7. The minimum absolute atomic E-state index is 0.127. The van der Waals surface area contributed by atoms with Crippen LogP contribution < -0.4 is 5.32 Å². The average Bonchev–Trinajstić information content (AvgIpc) is 2.42. The topological polar surface area (TPSA) is 75.6 Å². The van der Waals surface area contributed by atoms with Gasteiger partial charge in [-0.05, 0) is 18.6 Å². The molecule has 0 aromatic heterocycles. The Hall–Kier alpha value is -1.69. The van der Waals surface area contributed by atoms with Crippen LogP contribution in [0.3, 0.4) is 0 Å². The molecule has 2 N–H and O–H groups in total. The van der Waals surface area contributed by atoms with Crippen LogP contribution in [0.2, 0.25) is 0 Å². The molecule has 0 saturated heterocycles. The molecule has 0 aliphatic heterocycles. The number of phenols is 1. The molecular weight excluding hydrogens is 266 g/mol.